The first kappa shape index (κ1) is 19.7. The van der Waals surface area contributed by atoms with Crippen LogP contribution in [0.2, 0.25) is 0 Å². The number of ether oxygens (including phenoxy) is 1. The van der Waals surface area contributed by atoms with E-state index in [1.165, 1.54) is 40.1 Å². The van der Waals surface area contributed by atoms with Crippen molar-refractivity contribution in [2.45, 2.75) is 52.1 Å². The van der Waals surface area contributed by atoms with Crippen molar-refractivity contribution < 1.29 is 9.53 Å². The highest BCUT2D eigenvalue weighted by Crippen LogP contribution is 2.39. The van der Waals surface area contributed by atoms with Crippen molar-refractivity contribution in [2.75, 3.05) is 0 Å². The lowest BCUT2D eigenvalue weighted by molar-refractivity contribution is 0.00639. The fourth-order valence-corrected chi connectivity index (χ4v) is 4.77. The van der Waals surface area contributed by atoms with Crippen molar-refractivity contribution in [1.82, 2.24) is 4.98 Å². The molecule has 0 N–H and O–H groups in total. The summed E-state index contributed by atoms with van der Waals surface area (Å²) in [7, 11) is 0. The van der Waals surface area contributed by atoms with Gasteiger partial charge in [0.1, 0.15) is 5.60 Å². The van der Waals surface area contributed by atoms with E-state index in [2.05, 4.69) is 47.4 Å². The molecule has 1 aliphatic carbocycles. The van der Waals surface area contributed by atoms with Crippen LogP contribution in [0.5, 0.6) is 0 Å². The number of benzene rings is 3. The summed E-state index contributed by atoms with van der Waals surface area (Å²) in [6, 6.07) is 19.2. The Bertz CT molecular complexity index is 1310. The molecular weight excluding hydrogens is 382 g/mol. The summed E-state index contributed by atoms with van der Waals surface area (Å²) in [5, 5.41) is 4.92. The molecule has 0 unspecified atom stereocenters. The van der Waals surface area contributed by atoms with E-state index >= 15 is 0 Å². The Morgan fingerprint density at radius 2 is 1.58 bits per heavy atom. The number of nitrogens with zero attached hydrogens (tertiary/aromatic N) is 1. The molecule has 0 atom stereocenters. The fourth-order valence-electron chi connectivity index (χ4n) is 4.77. The van der Waals surface area contributed by atoms with Gasteiger partial charge in [0.15, 0.2) is 5.69 Å². The summed E-state index contributed by atoms with van der Waals surface area (Å²) in [6.45, 7) is 5.64. The third-order valence-electron chi connectivity index (χ3n) is 6.06. The van der Waals surface area contributed by atoms with E-state index in [1.54, 1.807) is 6.20 Å². The molecule has 3 aromatic carbocycles. The Hall–Kier alpha value is -3.20. The molecule has 0 amide bonds. The van der Waals surface area contributed by atoms with E-state index in [1.807, 2.05) is 32.9 Å². The number of esters is 1. The van der Waals surface area contributed by atoms with E-state index in [0.717, 1.165) is 29.4 Å². The Morgan fingerprint density at radius 1 is 0.839 bits per heavy atom. The maximum Gasteiger partial charge on any atom is 0.358 e. The van der Waals surface area contributed by atoms with Crippen LogP contribution in [0.15, 0.2) is 60.8 Å². The summed E-state index contributed by atoms with van der Waals surface area (Å²) in [6.07, 6.45) is 6.39. The first-order valence-corrected chi connectivity index (χ1v) is 11.1. The van der Waals surface area contributed by atoms with Crippen LogP contribution in [0.3, 0.4) is 0 Å². The third kappa shape index (κ3) is 3.59. The number of pyridine rings is 1. The molecule has 0 bridgehead atoms. The van der Waals surface area contributed by atoms with E-state index in [-0.39, 0.29) is 5.97 Å². The number of carbonyl (C=O) groups excluding carboxylic acids is 1. The SMILES string of the molecule is CC(C)(C)OC(=O)c1ncccc1-c1cc2c3c(ccc2c2ccccc12)CCCC3. The molecule has 3 heteroatoms. The molecule has 1 aromatic heterocycles. The second kappa shape index (κ2) is 7.49. The van der Waals surface area contributed by atoms with E-state index in [9.17, 15) is 4.79 Å². The Labute approximate surface area is 183 Å². The van der Waals surface area contributed by atoms with E-state index in [4.69, 9.17) is 4.74 Å². The minimum Gasteiger partial charge on any atom is -0.455 e. The summed E-state index contributed by atoms with van der Waals surface area (Å²) < 4.78 is 5.67. The fraction of sp³-hybridized carbons (Fsp3) is 0.286. The first-order chi connectivity index (χ1) is 14.9. The van der Waals surface area contributed by atoms with Gasteiger partial charge in [-0.25, -0.2) is 9.78 Å². The molecule has 3 nitrogen and oxygen atoms in total. The van der Waals surface area contributed by atoms with Gasteiger partial charge in [-0.3, -0.25) is 0 Å². The van der Waals surface area contributed by atoms with Gasteiger partial charge < -0.3 is 4.74 Å². The first-order valence-electron chi connectivity index (χ1n) is 11.1. The number of carbonyl (C=O) groups is 1. The van der Waals surface area contributed by atoms with Gasteiger partial charge in [0.25, 0.3) is 0 Å². The Balaban J connectivity index is 1.80. The van der Waals surface area contributed by atoms with Gasteiger partial charge >= 0.3 is 5.97 Å². The van der Waals surface area contributed by atoms with Crippen molar-refractivity contribution in [3.8, 4) is 11.1 Å². The largest absolute Gasteiger partial charge is 0.455 e. The number of rotatable bonds is 2. The van der Waals surface area contributed by atoms with Crippen LogP contribution in [0.4, 0.5) is 0 Å². The zero-order valence-electron chi connectivity index (χ0n) is 18.4. The zero-order chi connectivity index (χ0) is 21.6. The molecule has 1 aliphatic rings. The quantitative estimate of drug-likeness (QED) is 0.267. The zero-order valence-corrected chi connectivity index (χ0v) is 18.4. The second-order valence-corrected chi connectivity index (χ2v) is 9.38. The number of aryl methyl sites for hydroxylation is 2. The van der Waals surface area contributed by atoms with Crippen molar-refractivity contribution in [3.05, 3.63) is 77.6 Å². The van der Waals surface area contributed by atoms with E-state index < -0.39 is 5.60 Å². The highest BCUT2D eigenvalue weighted by molar-refractivity contribution is 6.16. The van der Waals surface area contributed by atoms with Gasteiger partial charge in [0, 0.05) is 11.8 Å². The van der Waals surface area contributed by atoms with Crippen LogP contribution in [-0.2, 0) is 17.6 Å². The maximum absolute atomic E-state index is 13.0. The van der Waals surface area contributed by atoms with Crippen LogP contribution < -0.4 is 0 Å². The maximum atomic E-state index is 13.0. The highest BCUT2D eigenvalue weighted by atomic mass is 16.6. The third-order valence-corrected chi connectivity index (χ3v) is 6.06. The monoisotopic (exact) mass is 409 g/mol. The molecule has 5 rings (SSSR count). The van der Waals surface area contributed by atoms with Gasteiger partial charge in [-0.2, -0.15) is 0 Å². The Morgan fingerprint density at radius 3 is 2.39 bits per heavy atom. The molecule has 31 heavy (non-hydrogen) atoms. The Kier molecular flexibility index (Phi) is 4.77. The molecule has 0 fully saturated rings. The van der Waals surface area contributed by atoms with Crippen LogP contribution in [-0.4, -0.2) is 16.6 Å². The molecular formula is C28H27NO2. The molecule has 156 valence electrons. The van der Waals surface area contributed by atoms with Crippen molar-refractivity contribution >= 4 is 27.5 Å². The van der Waals surface area contributed by atoms with Gasteiger partial charge in [-0.1, -0.05) is 42.5 Å². The van der Waals surface area contributed by atoms with E-state index in [0.29, 0.717) is 5.69 Å². The highest BCUT2D eigenvalue weighted by Gasteiger charge is 2.24. The predicted molar refractivity (Wildman–Crippen MR) is 126 cm³/mol. The molecule has 0 aliphatic heterocycles. The molecule has 0 saturated carbocycles. The number of hydrogen-bond acceptors (Lipinski definition) is 3. The molecule has 0 saturated heterocycles. The standard InChI is InChI=1S/C28H27NO2/c1-28(2,3)31-27(30)26-23(13-8-16-29-26)25-17-24-19-10-5-4-9-18(19)14-15-22(24)20-11-6-7-12-21(20)25/h6-8,11-17H,4-5,9-10H2,1-3H3. The lowest BCUT2D eigenvalue weighted by atomic mass is 9.84. The van der Waals surface area contributed by atoms with Crippen LogP contribution in [0, 0.1) is 0 Å². The number of hydrogen-bond donors (Lipinski definition) is 0. The normalized spacial score (nSPS) is 13.9. The lowest BCUT2D eigenvalue weighted by Gasteiger charge is -2.22. The van der Waals surface area contributed by atoms with Crippen LogP contribution in [0.25, 0.3) is 32.7 Å². The molecule has 0 radical (unpaired) electrons. The smallest absolute Gasteiger partial charge is 0.358 e. The molecule has 1 heterocycles. The van der Waals surface area contributed by atoms with Crippen LogP contribution in [0.1, 0.15) is 55.2 Å². The van der Waals surface area contributed by atoms with Gasteiger partial charge in [-0.15, -0.1) is 0 Å². The average molecular weight is 410 g/mol. The summed E-state index contributed by atoms with van der Waals surface area (Å²) in [5.41, 5.74) is 4.57. The topological polar surface area (TPSA) is 39.2 Å². The summed E-state index contributed by atoms with van der Waals surface area (Å²) in [5.74, 6) is -0.387. The van der Waals surface area contributed by atoms with Gasteiger partial charge in [0.05, 0.1) is 0 Å². The number of fused-ring (bicyclic) bond motifs is 5. The second-order valence-electron chi connectivity index (χ2n) is 9.38. The van der Waals surface area contributed by atoms with Crippen LogP contribution >= 0.6 is 0 Å². The van der Waals surface area contributed by atoms with Crippen molar-refractivity contribution in [1.29, 1.82) is 0 Å². The minimum atomic E-state index is -0.573. The predicted octanol–water partition coefficient (Wildman–Crippen LogP) is 6.89. The number of aromatic nitrogens is 1. The van der Waals surface area contributed by atoms with Gasteiger partial charge in [-0.05, 0) is 96.8 Å². The lowest BCUT2D eigenvalue weighted by Crippen LogP contribution is -2.24. The summed E-state index contributed by atoms with van der Waals surface area (Å²) >= 11 is 0. The molecule has 0 spiro atoms. The minimum absolute atomic E-state index is 0.367. The molecule has 4 aromatic rings. The van der Waals surface area contributed by atoms with Gasteiger partial charge in [0.2, 0.25) is 0 Å². The van der Waals surface area contributed by atoms with Crippen molar-refractivity contribution in [2.24, 2.45) is 0 Å². The average Bonchev–Trinajstić information content (AvgIpc) is 2.77. The van der Waals surface area contributed by atoms with Crippen molar-refractivity contribution in [3.63, 3.8) is 0 Å². The summed E-state index contributed by atoms with van der Waals surface area (Å²) in [4.78, 5) is 17.4.